The molecule has 2 heterocycles. The van der Waals surface area contributed by atoms with Gasteiger partial charge in [-0.3, -0.25) is 4.79 Å². The van der Waals surface area contributed by atoms with E-state index in [4.69, 9.17) is 4.42 Å². The van der Waals surface area contributed by atoms with Crippen molar-refractivity contribution in [1.29, 1.82) is 0 Å². The molecule has 1 aromatic carbocycles. The quantitative estimate of drug-likeness (QED) is 0.922. The maximum absolute atomic E-state index is 13.3. The van der Waals surface area contributed by atoms with Crippen molar-refractivity contribution >= 4 is 5.91 Å². The van der Waals surface area contributed by atoms with Gasteiger partial charge in [0.15, 0.2) is 0 Å². The minimum absolute atomic E-state index is 0.0786. The third-order valence-electron chi connectivity index (χ3n) is 5.16. The summed E-state index contributed by atoms with van der Waals surface area (Å²) in [5.41, 5.74) is 0.153. The van der Waals surface area contributed by atoms with Gasteiger partial charge in [0, 0.05) is 24.6 Å². The summed E-state index contributed by atoms with van der Waals surface area (Å²) in [4.78, 5) is 14.2. The molecule has 1 aliphatic carbocycles. The molecule has 2 atom stereocenters. The molecular formula is C18H20FN3O3. The van der Waals surface area contributed by atoms with Crippen LogP contribution < -0.4 is 0 Å². The van der Waals surface area contributed by atoms with E-state index in [1.165, 1.54) is 12.1 Å². The third-order valence-corrected chi connectivity index (χ3v) is 5.16. The Bertz CT molecular complexity index is 800. The molecule has 2 aromatic rings. The first-order valence-electron chi connectivity index (χ1n) is 8.51. The predicted molar refractivity (Wildman–Crippen MR) is 87.0 cm³/mol. The Balaban J connectivity index is 1.44. The summed E-state index contributed by atoms with van der Waals surface area (Å²) in [6, 6.07) is 6.01. The molecule has 1 aliphatic heterocycles. The van der Waals surface area contributed by atoms with Gasteiger partial charge in [0.25, 0.3) is 0 Å². The van der Waals surface area contributed by atoms with E-state index in [1.807, 2.05) is 6.92 Å². The van der Waals surface area contributed by atoms with Crippen LogP contribution in [0.5, 0.6) is 0 Å². The van der Waals surface area contributed by atoms with Crippen molar-refractivity contribution in [2.45, 2.75) is 37.7 Å². The molecule has 1 saturated carbocycles. The number of benzene rings is 1. The fourth-order valence-corrected chi connectivity index (χ4v) is 3.73. The number of rotatable bonds is 3. The summed E-state index contributed by atoms with van der Waals surface area (Å²) in [5, 5.41) is 17.7. The van der Waals surface area contributed by atoms with Crippen LogP contribution in [-0.4, -0.2) is 45.3 Å². The van der Waals surface area contributed by atoms with Crippen molar-refractivity contribution < 1.29 is 18.7 Å². The first kappa shape index (κ1) is 16.2. The predicted octanol–water partition coefficient (Wildman–Crippen LogP) is 2.14. The van der Waals surface area contributed by atoms with Crippen LogP contribution in [0.1, 0.15) is 32.1 Å². The largest absolute Gasteiger partial charge is 0.420 e. The molecule has 2 fully saturated rings. The molecule has 132 valence electrons. The van der Waals surface area contributed by atoms with Crippen LogP contribution in [-0.2, 0) is 10.2 Å². The Hall–Kier alpha value is -2.28. The third kappa shape index (κ3) is 2.93. The van der Waals surface area contributed by atoms with Crippen LogP contribution in [0.3, 0.4) is 0 Å². The highest BCUT2D eigenvalue weighted by Crippen LogP contribution is 2.37. The lowest BCUT2D eigenvalue weighted by Gasteiger charge is -2.46. The van der Waals surface area contributed by atoms with E-state index in [-0.39, 0.29) is 35.1 Å². The lowest BCUT2D eigenvalue weighted by molar-refractivity contribution is -0.143. The van der Waals surface area contributed by atoms with Gasteiger partial charge in [-0.05, 0) is 44.4 Å². The number of carbonyl (C=O) groups excluding carboxylic acids is 1. The highest BCUT2D eigenvalue weighted by molar-refractivity contribution is 5.80. The summed E-state index contributed by atoms with van der Waals surface area (Å²) < 4.78 is 19.1. The van der Waals surface area contributed by atoms with Gasteiger partial charge in [-0.25, -0.2) is 4.39 Å². The van der Waals surface area contributed by atoms with Crippen molar-refractivity contribution in [1.82, 2.24) is 15.1 Å². The number of amides is 1. The van der Waals surface area contributed by atoms with Crippen LogP contribution in [0.25, 0.3) is 11.5 Å². The molecule has 1 saturated heterocycles. The van der Waals surface area contributed by atoms with Crippen molar-refractivity contribution in [3.05, 3.63) is 36.0 Å². The Morgan fingerprint density at radius 1 is 1.36 bits per heavy atom. The lowest BCUT2D eigenvalue weighted by atomic mass is 9.81. The number of aliphatic hydroxyl groups is 1. The molecule has 4 rings (SSSR count). The number of hydrogen-bond donors (Lipinski definition) is 1. The molecular weight excluding hydrogens is 325 g/mol. The minimum atomic E-state index is -0.383. The van der Waals surface area contributed by atoms with E-state index in [0.29, 0.717) is 37.4 Å². The summed E-state index contributed by atoms with van der Waals surface area (Å²) in [7, 11) is 0. The molecule has 1 aromatic heterocycles. The van der Waals surface area contributed by atoms with E-state index in [9.17, 15) is 14.3 Å². The van der Waals surface area contributed by atoms with Crippen molar-refractivity contribution in [3.63, 3.8) is 0 Å². The molecule has 6 nitrogen and oxygen atoms in total. The Morgan fingerprint density at radius 3 is 2.84 bits per heavy atom. The summed E-state index contributed by atoms with van der Waals surface area (Å²) in [5.74, 6) is 0.397. The monoisotopic (exact) mass is 345 g/mol. The number of nitrogens with zero attached hydrogens (tertiary/aromatic N) is 3. The number of aliphatic hydroxyl groups excluding tert-OH is 1. The summed E-state index contributed by atoms with van der Waals surface area (Å²) in [6.07, 6.45) is 1.64. The van der Waals surface area contributed by atoms with Crippen LogP contribution in [0.15, 0.2) is 28.7 Å². The van der Waals surface area contributed by atoms with Gasteiger partial charge in [-0.15, -0.1) is 10.2 Å². The Morgan fingerprint density at radius 2 is 2.16 bits per heavy atom. The molecule has 0 unspecified atom stereocenters. The number of halogens is 1. The minimum Gasteiger partial charge on any atom is -0.420 e. The lowest BCUT2D eigenvalue weighted by Crippen LogP contribution is -2.60. The molecule has 0 radical (unpaired) electrons. The van der Waals surface area contributed by atoms with Gasteiger partial charge >= 0.3 is 0 Å². The van der Waals surface area contributed by atoms with Gasteiger partial charge < -0.3 is 14.4 Å². The fraction of sp³-hybridized carbons (Fsp3) is 0.500. The molecule has 0 bridgehead atoms. The van der Waals surface area contributed by atoms with Crippen LogP contribution in [0.4, 0.5) is 4.39 Å². The normalized spacial score (nSPS) is 25.0. The first-order valence-corrected chi connectivity index (χ1v) is 8.51. The second kappa shape index (κ2) is 5.91. The zero-order chi connectivity index (χ0) is 17.6. The zero-order valence-electron chi connectivity index (χ0n) is 14.0. The second-order valence-corrected chi connectivity index (χ2v) is 7.34. The van der Waals surface area contributed by atoms with E-state index < -0.39 is 0 Å². The van der Waals surface area contributed by atoms with E-state index in [1.54, 1.807) is 17.0 Å². The summed E-state index contributed by atoms with van der Waals surface area (Å²) in [6.45, 7) is 3.01. The Kier molecular flexibility index (Phi) is 3.83. The van der Waals surface area contributed by atoms with Gasteiger partial charge in [0.2, 0.25) is 17.7 Å². The average Bonchev–Trinajstić information content (AvgIpc) is 3.20. The molecule has 25 heavy (non-hydrogen) atoms. The highest BCUT2D eigenvalue weighted by atomic mass is 19.1. The van der Waals surface area contributed by atoms with Crippen molar-refractivity contribution in [3.8, 4) is 11.5 Å². The molecule has 2 aliphatic rings. The van der Waals surface area contributed by atoms with Crippen LogP contribution in [0, 0.1) is 11.7 Å². The molecule has 1 amide bonds. The number of likely N-dealkylation sites (tertiary alicyclic amines) is 1. The second-order valence-electron chi connectivity index (χ2n) is 7.34. The first-order chi connectivity index (χ1) is 11.9. The van der Waals surface area contributed by atoms with Crippen LogP contribution >= 0.6 is 0 Å². The van der Waals surface area contributed by atoms with Crippen molar-refractivity contribution in [2.24, 2.45) is 5.92 Å². The van der Waals surface area contributed by atoms with E-state index in [2.05, 4.69) is 10.2 Å². The molecule has 1 N–H and O–H groups in total. The average molecular weight is 345 g/mol. The zero-order valence-corrected chi connectivity index (χ0v) is 14.0. The topological polar surface area (TPSA) is 79.5 Å². The highest BCUT2D eigenvalue weighted by Gasteiger charge is 2.48. The number of hydrogen-bond acceptors (Lipinski definition) is 5. The maximum Gasteiger partial charge on any atom is 0.247 e. The number of aromatic nitrogens is 2. The van der Waals surface area contributed by atoms with Gasteiger partial charge in [0.05, 0.1) is 11.5 Å². The fourth-order valence-electron chi connectivity index (χ4n) is 3.73. The molecule has 7 heteroatoms. The standard InChI is InChI=1S/C18H20FN3O3/c1-18(9-22(10-18)16(24)12-5-6-14(23)8-12)17-21-20-15(25-17)11-3-2-4-13(19)7-11/h2-4,7,12,14,23H,5-6,8-10H2,1H3/t12-,14-/m1/s1. The molecule has 0 spiro atoms. The van der Waals surface area contributed by atoms with Gasteiger partial charge in [-0.2, -0.15) is 0 Å². The number of carbonyl (C=O) groups is 1. The van der Waals surface area contributed by atoms with Crippen molar-refractivity contribution in [2.75, 3.05) is 13.1 Å². The smallest absolute Gasteiger partial charge is 0.247 e. The van der Waals surface area contributed by atoms with E-state index in [0.717, 1.165) is 6.42 Å². The van der Waals surface area contributed by atoms with Crippen LogP contribution in [0.2, 0.25) is 0 Å². The summed E-state index contributed by atoms with van der Waals surface area (Å²) >= 11 is 0. The van der Waals surface area contributed by atoms with Gasteiger partial charge in [-0.1, -0.05) is 6.07 Å². The van der Waals surface area contributed by atoms with Gasteiger partial charge in [0.1, 0.15) is 5.82 Å². The SMILES string of the molecule is CC1(c2nnc(-c3cccc(F)c3)o2)CN(C(=O)[C@@H]2CC[C@@H](O)C2)C1. The maximum atomic E-state index is 13.3. The Labute approximate surface area is 144 Å². The van der Waals surface area contributed by atoms with E-state index >= 15 is 0 Å².